The van der Waals surface area contributed by atoms with Crippen LogP contribution < -0.4 is 0 Å². The maximum absolute atomic E-state index is 6.96. The van der Waals surface area contributed by atoms with E-state index >= 15 is 0 Å². The van der Waals surface area contributed by atoms with Crippen molar-refractivity contribution in [1.82, 2.24) is 0 Å². The van der Waals surface area contributed by atoms with Crippen LogP contribution in [0.1, 0.15) is 91.7 Å². The second kappa shape index (κ2) is 14.6. The summed E-state index contributed by atoms with van der Waals surface area (Å²) in [5.41, 5.74) is 9.30. The van der Waals surface area contributed by atoms with Crippen molar-refractivity contribution in [3.05, 3.63) is 83.9 Å². The van der Waals surface area contributed by atoms with Crippen LogP contribution in [-0.2, 0) is 9.47 Å². The highest BCUT2D eigenvalue weighted by molar-refractivity contribution is 7.40. The van der Waals surface area contributed by atoms with Crippen molar-refractivity contribution in [2.24, 2.45) is 23.7 Å². The van der Waals surface area contributed by atoms with E-state index in [1.165, 1.54) is 39.8 Å². The average molecular weight is 613 g/mol. The van der Waals surface area contributed by atoms with E-state index in [0.717, 1.165) is 50.8 Å². The molecule has 8 unspecified atom stereocenters. The number of hydrogen-bond acceptors (Lipinski definition) is 2. The molecule has 0 spiro atoms. The molecule has 0 heterocycles. The van der Waals surface area contributed by atoms with Crippen molar-refractivity contribution in [3.8, 4) is 22.3 Å². The monoisotopic (exact) mass is 612 g/mol. The van der Waals surface area contributed by atoms with Gasteiger partial charge in [-0.3, -0.25) is 0 Å². The zero-order valence-electron chi connectivity index (χ0n) is 28.7. The van der Waals surface area contributed by atoms with Crippen molar-refractivity contribution >= 4 is 8.58 Å². The molecular formula is C41H57O2P. The molecule has 0 bridgehead atoms. The highest BCUT2D eigenvalue weighted by Gasteiger charge is 2.45. The quantitative estimate of drug-likeness (QED) is 0.224. The van der Waals surface area contributed by atoms with Crippen LogP contribution in [0.15, 0.2) is 72.8 Å². The largest absolute Gasteiger partial charge is 0.375 e. The smallest absolute Gasteiger partial charge is 0.0674 e. The second-order valence-corrected chi connectivity index (χ2v) is 16.4. The van der Waals surface area contributed by atoms with E-state index < -0.39 is 0 Å². The van der Waals surface area contributed by atoms with Crippen LogP contribution in [0, 0.1) is 30.6 Å². The molecule has 5 rings (SSSR count). The summed E-state index contributed by atoms with van der Waals surface area (Å²) >= 11 is 0. The van der Waals surface area contributed by atoms with Crippen molar-refractivity contribution in [2.45, 2.75) is 123 Å². The standard InChI is InChI=1S/C41H57O2P/c1-25(2)42-37-23-33(24-38(43-26(3)4)41(37)44-39-22-28(6)29(7)30(8)31(39)9)40-35(32-17-11-10-12-18-32)20-15-21-36(40)34-19-14-13-16-27(34)5/h10-21,25-26,28-31,33,37-39,41,44H,22-24H2,1-9H3. The molecule has 2 fully saturated rings. The fourth-order valence-electron chi connectivity index (χ4n) is 8.26. The maximum Gasteiger partial charge on any atom is 0.0674 e. The number of benzene rings is 3. The molecule has 0 amide bonds. The Kier molecular flexibility index (Phi) is 11.1. The minimum atomic E-state index is 0.182. The summed E-state index contributed by atoms with van der Waals surface area (Å²) in [6, 6.07) is 26.8. The Morgan fingerprint density at radius 3 is 1.80 bits per heavy atom. The van der Waals surface area contributed by atoms with Gasteiger partial charge in [0.15, 0.2) is 0 Å². The molecule has 0 aliphatic heterocycles. The van der Waals surface area contributed by atoms with E-state index in [1.807, 2.05) is 0 Å². The van der Waals surface area contributed by atoms with Crippen LogP contribution in [0.4, 0.5) is 0 Å². The van der Waals surface area contributed by atoms with Gasteiger partial charge in [0.2, 0.25) is 0 Å². The Hall–Kier alpha value is -1.99. The van der Waals surface area contributed by atoms with Gasteiger partial charge in [-0.15, -0.1) is 8.58 Å². The Morgan fingerprint density at radius 1 is 0.614 bits per heavy atom. The van der Waals surface area contributed by atoms with Gasteiger partial charge in [0, 0.05) is 5.66 Å². The van der Waals surface area contributed by atoms with E-state index in [4.69, 9.17) is 9.47 Å². The summed E-state index contributed by atoms with van der Waals surface area (Å²) in [6.45, 7) is 21.1. The third-order valence-electron chi connectivity index (χ3n) is 11.0. The Balaban J connectivity index is 1.59. The fourth-order valence-corrected chi connectivity index (χ4v) is 10.7. The van der Waals surface area contributed by atoms with Gasteiger partial charge in [0.05, 0.1) is 24.4 Å². The van der Waals surface area contributed by atoms with Crippen LogP contribution in [0.5, 0.6) is 0 Å². The summed E-state index contributed by atoms with van der Waals surface area (Å²) in [4.78, 5) is 0. The molecule has 2 aliphatic carbocycles. The van der Waals surface area contributed by atoms with Crippen LogP contribution in [0.25, 0.3) is 22.3 Å². The average Bonchev–Trinajstić information content (AvgIpc) is 2.99. The van der Waals surface area contributed by atoms with E-state index in [9.17, 15) is 0 Å². The minimum absolute atomic E-state index is 0.182. The summed E-state index contributed by atoms with van der Waals surface area (Å²) in [6.07, 6.45) is 4.16. The molecule has 0 radical (unpaired) electrons. The van der Waals surface area contributed by atoms with Gasteiger partial charge in [-0.25, -0.2) is 0 Å². The predicted octanol–water partition coefficient (Wildman–Crippen LogP) is 11.2. The van der Waals surface area contributed by atoms with Gasteiger partial charge in [-0.1, -0.05) is 100 Å². The Labute approximate surface area is 270 Å². The van der Waals surface area contributed by atoms with E-state index in [-0.39, 0.29) is 24.4 Å². The first-order valence-electron chi connectivity index (χ1n) is 17.4. The topological polar surface area (TPSA) is 18.5 Å². The summed E-state index contributed by atoms with van der Waals surface area (Å²) in [5, 5.41) is 0. The fraction of sp³-hybridized carbons (Fsp3) is 0.561. The highest BCUT2D eigenvalue weighted by atomic mass is 31.1. The molecule has 3 aromatic rings. The lowest BCUT2D eigenvalue weighted by molar-refractivity contribution is -0.0794. The van der Waals surface area contributed by atoms with E-state index in [0.29, 0.717) is 11.6 Å². The predicted molar refractivity (Wildman–Crippen MR) is 191 cm³/mol. The molecule has 2 nitrogen and oxygen atoms in total. The molecule has 0 aromatic heterocycles. The van der Waals surface area contributed by atoms with Crippen molar-refractivity contribution < 1.29 is 9.47 Å². The maximum atomic E-state index is 6.96. The lowest BCUT2D eigenvalue weighted by atomic mass is 9.69. The molecule has 8 atom stereocenters. The Morgan fingerprint density at radius 2 is 1.18 bits per heavy atom. The lowest BCUT2D eigenvalue weighted by Crippen LogP contribution is -2.48. The van der Waals surface area contributed by atoms with Crippen molar-refractivity contribution in [1.29, 1.82) is 0 Å². The first kappa shape index (κ1) is 33.4. The molecule has 3 aromatic carbocycles. The minimum Gasteiger partial charge on any atom is -0.375 e. The van der Waals surface area contributed by atoms with Crippen LogP contribution >= 0.6 is 8.58 Å². The third kappa shape index (κ3) is 7.35. The van der Waals surface area contributed by atoms with Crippen LogP contribution in [-0.4, -0.2) is 35.7 Å². The van der Waals surface area contributed by atoms with Gasteiger partial charge < -0.3 is 9.47 Å². The first-order valence-corrected chi connectivity index (χ1v) is 18.5. The Bertz CT molecular complexity index is 1330. The van der Waals surface area contributed by atoms with Crippen molar-refractivity contribution in [3.63, 3.8) is 0 Å². The van der Waals surface area contributed by atoms with Gasteiger partial charge in [-0.2, -0.15) is 0 Å². The van der Waals surface area contributed by atoms with Crippen LogP contribution in [0.2, 0.25) is 0 Å². The van der Waals surface area contributed by atoms with E-state index in [1.54, 1.807) is 0 Å². The number of hydrogen-bond donors (Lipinski definition) is 0. The summed E-state index contributed by atoms with van der Waals surface area (Å²) < 4.78 is 13.9. The third-order valence-corrected chi connectivity index (χ3v) is 13.3. The molecular weight excluding hydrogens is 555 g/mol. The second-order valence-electron chi connectivity index (χ2n) is 14.7. The van der Waals surface area contributed by atoms with Gasteiger partial charge in [0.25, 0.3) is 0 Å². The zero-order valence-corrected chi connectivity index (χ0v) is 29.7. The normalized spacial score (nSPS) is 31.3. The summed E-state index contributed by atoms with van der Waals surface area (Å²) in [5.74, 6) is 3.41. The molecule has 3 heteroatoms. The number of ether oxygens (including phenoxy) is 2. The van der Waals surface area contributed by atoms with Gasteiger partial charge in [0.1, 0.15) is 0 Å². The summed E-state index contributed by atoms with van der Waals surface area (Å²) in [7, 11) is 0.868. The molecule has 2 saturated carbocycles. The lowest BCUT2D eigenvalue weighted by Gasteiger charge is -2.48. The molecule has 44 heavy (non-hydrogen) atoms. The number of aryl methyl sites for hydroxylation is 1. The molecule has 2 aliphatic rings. The van der Waals surface area contributed by atoms with E-state index in [2.05, 4.69) is 135 Å². The molecule has 0 saturated heterocycles. The van der Waals surface area contributed by atoms with Crippen LogP contribution in [0.3, 0.4) is 0 Å². The molecule has 238 valence electrons. The molecule has 0 N–H and O–H groups in total. The van der Waals surface area contributed by atoms with Gasteiger partial charge in [-0.05, 0) is 123 Å². The highest BCUT2D eigenvalue weighted by Crippen LogP contribution is 2.53. The SMILES string of the molecule is Cc1ccccc1-c1cccc(-c2ccccc2)c1C1CC(OC(C)C)C(PC2CC(C)C(C)C(C)C2C)C(OC(C)C)C1. The zero-order chi connectivity index (χ0) is 31.5. The first-order chi connectivity index (χ1) is 21.0. The number of rotatable bonds is 9. The van der Waals surface area contributed by atoms with Gasteiger partial charge >= 0.3 is 0 Å². The van der Waals surface area contributed by atoms with Crippen molar-refractivity contribution in [2.75, 3.05) is 0 Å².